The number of aliphatic imine (C=N–C) groups is 3. The number of alkyl halides is 2. The number of nitrogens with two attached hydrogens (primary N) is 1. The third-order valence-corrected chi connectivity index (χ3v) is 4.56. The number of halogens is 2. The minimum absolute atomic E-state index is 0.0266. The molecule has 172 valence electrons. The van der Waals surface area contributed by atoms with Crippen molar-refractivity contribution in [3.63, 3.8) is 0 Å². The lowest BCUT2D eigenvalue weighted by molar-refractivity contribution is 0.0677. The van der Waals surface area contributed by atoms with E-state index in [4.69, 9.17) is 10.5 Å². The molecule has 10 nitrogen and oxygen atoms in total. The smallest absolute Gasteiger partial charge is 0.281 e. The van der Waals surface area contributed by atoms with E-state index in [2.05, 4.69) is 41.9 Å². The van der Waals surface area contributed by atoms with Crippen LogP contribution < -0.4 is 11.1 Å². The van der Waals surface area contributed by atoms with Crippen molar-refractivity contribution in [2.24, 2.45) is 15.0 Å². The average Bonchev–Trinajstić information content (AvgIpc) is 2.82. The molecule has 0 bridgehead atoms. The first-order chi connectivity index (χ1) is 15.1. The maximum atomic E-state index is 13.6. The first-order valence-corrected chi connectivity index (χ1v) is 10.3. The van der Waals surface area contributed by atoms with Crippen LogP contribution in [-0.2, 0) is 4.74 Å². The maximum Gasteiger partial charge on any atom is 0.281 e. The van der Waals surface area contributed by atoms with Gasteiger partial charge >= 0.3 is 0 Å². The van der Waals surface area contributed by atoms with Gasteiger partial charge in [0, 0.05) is 45.5 Å². The van der Waals surface area contributed by atoms with E-state index < -0.39 is 12.1 Å². The summed E-state index contributed by atoms with van der Waals surface area (Å²) in [7, 11) is 0. The van der Waals surface area contributed by atoms with Crippen molar-refractivity contribution in [2.75, 3.05) is 64.9 Å². The number of guanidine groups is 1. The molecule has 2 saturated heterocycles. The number of ether oxygens (including phenoxy) is 1. The topological polar surface area (TPSA) is 117 Å². The van der Waals surface area contributed by atoms with Gasteiger partial charge in [0.25, 0.3) is 6.43 Å². The number of nitrogens with one attached hydrogen (secondary N) is 1. The van der Waals surface area contributed by atoms with Crippen molar-refractivity contribution in [3.05, 3.63) is 17.5 Å². The summed E-state index contributed by atoms with van der Waals surface area (Å²) in [4.78, 5) is 24.5. The molecule has 0 aromatic carbocycles. The van der Waals surface area contributed by atoms with Gasteiger partial charge in [0.2, 0.25) is 11.9 Å². The molecule has 2 aliphatic rings. The van der Waals surface area contributed by atoms with Gasteiger partial charge in [0.1, 0.15) is 5.69 Å². The minimum Gasteiger partial charge on any atom is -0.378 e. The lowest BCUT2D eigenvalue weighted by atomic mass is 10.2. The van der Waals surface area contributed by atoms with E-state index in [1.165, 1.54) is 6.20 Å². The molecule has 1 aromatic rings. The van der Waals surface area contributed by atoms with Crippen LogP contribution in [0, 0.1) is 0 Å². The average molecular weight is 440 g/mol. The van der Waals surface area contributed by atoms with Crippen LogP contribution in [0.3, 0.4) is 0 Å². The number of nitrogen functional groups attached to an aromatic ring is 1. The van der Waals surface area contributed by atoms with Crippen LogP contribution in [0.4, 0.5) is 14.7 Å². The Kier molecular flexibility index (Phi) is 10.3. The van der Waals surface area contributed by atoms with Crippen LogP contribution >= 0.6 is 0 Å². The van der Waals surface area contributed by atoms with Crippen molar-refractivity contribution in [3.8, 4) is 0 Å². The van der Waals surface area contributed by atoms with Crippen LogP contribution in [0.2, 0.25) is 0 Å². The summed E-state index contributed by atoms with van der Waals surface area (Å²) in [5.74, 6) is 0.141. The zero-order chi connectivity index (χ0) is 22.6. The highest BCUT2D eigenvalue weighted by Gasteiger charge is 2.22. The molecule has 3 rings (SSSR count). The van der Waals surface area contributed by atoms with Crippen LogP contribution in [-0.4, -0.2) is 97.4 Å². The number of hydrogen-bond acceptors (Lipinski definition) is 7. The van der Waals surface area contributed by atoms with Gasteiger partial charge in [-0.3, -0.25) is 9.89 Å². The summed E-state index contributed by atoms with van der Waals surface area (Å²) in [6.07, 6.45) is -1.62. The molecule has 0 amide bonds. The number of anilines is 1. The standard InChI is InChI=1S/C17H25F2N9O.C2H6/c1-21-17(28-6-8-29-9-7-28)26-15(24-11-27-4-2-22-3-5-27)12-10-23-16(20)25-13(12)14(18)19;1-2/h10,14,22H,1-9,11H2,(H2,20,23,25);1-2H3/b24-15-,26-17?;. The number of hydrogen-bond donors (Lipinski definition) is 2. The molecule has 0 unspecified atom stereocenters. The molecule has 0 saturated carbocycles. The van der Waals surface area contributed by atoms with Gasteiger partial charge in [-0.1, -0.05) is 13.8 Å². The van der Waals surface area contributed by atoms with Gasteiger partial charge in [-0.15, -0.1) is 0 Å². The van der Waals surface area contributed by atoms with E-state index >= 15 is 0 Å². The largest absolute Gasteiger partial charge is 0.378 e. The highest BCUT2D eigenvalue weighted by Crippen LogP contribution is 2.22. The number of piperazine rings is 1. The highest BCUT2D eigenvalue weighted by molar-refractivity contribution is 6.07. The SMILES string of the molecule is C=NC(=N/C(=N\CN1CCNCC1)c1cnc(N)nc1C(F)F)N1CCOCC1.CC. The van der Waals surface area contributed by atoms with Crippen molar-refractivity contribution < 1.29 is 13.5 Å². The second-order valence-electron chi connectivity index (χ2n) is 6.49. The summed E-state index contributed by atoms with van der Waals surface area (Å²) in [6.45, 7) is 13.4. The molecule has 0 atom stereocenters. The Hall–Kier alpha value is -2.57. The van der Waals surface area contributed by atoms with Crippen LogP contribution in [0.25, 0.3) is 0 Å². The fraction of sp³-hybridized carbons (Fsp3) is 0.632. The van der Waals surface area contributed by atoms with Gasteiger partial charge in [-0.2, -0.15) is 4.99 Å². The fourth-order valence-corrected chi connectivity index (χ4v) is 3.01. The van der Waals surface area contributed by atoms with E-state index in [9.17, 15) is 8.78 Å². The third kappa shape index (κ3) is 7.26. The van der Waals surface area contributed by atoms with E-state index in [-0.39, 0.29) is 17.3 Å². The molecule has 0 radical (unpaired) electrons. The second-order valence-corrected chi connectivity index (χ2v) is 6.49. The Morgan fingerprint density at radius 1 is 1.26 bits per heavy atom. The van der Waals surface area contributed by atoms with E-state index in [1.54, 1.807) is 0 Å². The molecule has 31 heavy (non-hydrogen) atoms. The van der Waals surface area contributed by atoms with E-state index in [1.807, 2.05) is 18.7 Å². The molecule has 3 N–H and O–H groups in total. The summed E-state index contributed by atoms with van der Waals surface area (Å²) in [5.41, 5.74) is 5.02. The number of morpholine rings is 1. The van der Waals surface area contributed by atoms with Gasteiger partial charge in [-0.25, -0.2) is 23.7 Å². The Morgan fingerprint density at radius 2 is 1.94 bits per heavy atom. The van der Waals surface area contributed by atoms with Gasteiger partial charge in [0.15, 0.2) is 5.84 Å². The normalized spacial score (nSPS) is 18.5. The first kappa shape index (κ1) is 24.7. The Bertz CT molecular complexity index is 761. The third-order valence-electron chi connectivity index (χ3n) is 4.56. The zero-order valence-electron chi connectivity index (χ0n) is 18.1. The molecular formula is C19H31F2N9O. The number of amidine groups is 1. The molecular weight excluding hydrogens is 408 g/mol. The Labute approximate surface area is 181 Å². The van der Waals surface area contributed by atoms with Gasteiger partial charge in [0.05, 0.1) is 25.4 Å². The lowest BCUT2D eigenvalue weighted by Gasteiger charge is -2.28. The predicted molar refractivity (Wildman–Crippen MR) is 118 cm³/mol. The summed E-state index contributed by atoms with van der Waals surface area (Å²) in [6, 6.07) is 0. The molecule has 2 aliphatic heterocycles. The predicted octanol–water partition coefficient (Wildman–Crippen LogP) is 1.02. The van der Waals surface area contributed by atoms with Crippen LogP contribution in [0.1, 0.15) is 31.5 Å². The number of rotatable bonds is 4. The Morgan fingerprint density at radius 3 is 2.55 bits per heavy atom. The highest BCUT2D eigenvalue weighted by atomic mass is 19.3. The number of nitrogens with zero attached hydrogens (tertiary/aromatic N) is 7. The van der Waals surface area contributed by atoms with Crippen LogP contribution in [0.5, 0.6) is 0 Å². The minimum atomic E-state index is -2.85. The molecule has 12 heteroatoms. The van der Waals surface area contributed by atoms with Crippen molar-refractivity contribution in [1.29, 1.82) is 0 Å². The molecule has 0 aliphatic carbocycles. The van der Waals surface area contributed by atoms with Crippen molar-refractivity contribution >= 4 is 24.5 Å². The fourth-order valence-electron chi connectivity index (χ4n) is 3.01. The Balaban J connectivity index is 0.00000166. The molecule has 0 spiro atoms. The summed E-state index contributed by atoms with van der Waals surface area (Å²) in [5, 5.41) is 3.26. The van der Waals surface area contributed by atoms with Crippen LogP contribution in [0.15, 0.2) is 21.2 Å². The monoisotopic (exact) mass is 439 g/mol. The molecule has 2 fully saturated rings. The van der Waals surface area contributed by atoms with Gasteiger partial charge in [-0.05, 0) is 6.72 Å². The number of aromatic nitrogens is 2. The summed E-state index contributed by atoms with van der Waals surface area (Å²) >= 11 is 0. The maximum absolute atomic E-state index is 13.6. The van der Waals surface area contributed by atoms with E-state index in [0.29, 0.717) is 38.9 Å². The second kappa shape index (κ2) is 13.0. The quantitative estimate of drug-likeness (QED) is 0.531. The summed E-state index contributed by atoms with van der Waals surface area (Å²) < 4.78 is 32.6. The van der Waals surface area contributed by atoms with Crippen molar-refractivity contribution in [1.82, 2.24) is 25.1 Å². The zero-order valence-corrected chi connectivity index (χ0v) is 18.1. The molecule has 1 aromatic heterocycles. The van der Waals surface area contributed by atoms with E-state index in [0.717, 1.165) is 26.2 Å². The molecule has 3 heterocycles. The first-order valence-electron chi connectivity index (χ1n) is 10.3. The van der Waals surface area contributed by atoms with Crippen molar-refractivity contribution in [2.45, 2.75) is 20.3 Å². The lowest BCUT2D eigenvalue weighted by Crippen LogP contribution is -2.43. The van der Waals surface area contributed by atoms with Gasteiger partial charge < -0.3 is 20.7 Å².